The molecule has 0 aromatic heterocycles. The van der Waals surface area contributed by atoms with E-state index in [1.165, 1.54) is 12.0 Å². The van der Waals surface area contributed by atoms with E-state index < -0.39 is 12.0 Å². The van der Waals surface area contributed by atoms with Crippen molar-refractivity contribution < 1.29 is 14.3 Å². The van der Waals surface area contributed by atoms with Crippen LogP contribution in [-0.2, 0) is 9.53 Å². The van der Waals surface area contributed by atoms with Gasteiger partial charge in [-0.3, -0.25) is 4.79 Å². The number of carbonyl (C=O) groups excluding carboxylic acids is 2. The Morgan fingerprint density at radius 2 is 2.00 bits per heavy atom. The molecule has 0 spiro atoms. The third-order valence-corrected chi connectivity index (χ3v) is 1.63. The molecule has 13 heavy (non-hydrogen) atoms. The Morgan fingerprint density at radius 1 is 1.46 bits per heavy atom. The van der Waals surface area contributed by atoms with Crippen molar-refractivity contribution >= 4 is 12.0 Å². The smallest absolute Gasteiger partial charge is 0.409 e. The topological polar surface area (TPSA) is 72.6 Å². The summed E-state index contributed by atoms with van der Waals surface area (Å²) in [4.78, 5) is 23.0. The minimum Gasteiger partial charge on any atom is -0.453 e. The maximum Gasteiger partial charge on any atom is 0.409 e. The second kappa shape index (κ2) is 5.40. The first-order chi connectivity index (χ1) is 5.99. The molecule has 5 nitrogen and oxygen atoms in total. The van der Waals surface area contributed by atoms with Crippen molar-refractivity contribution in [2.24, 2.45) is 5.73 Å². The predicted molar refractivity (Wildman–Crippen MR) is 48.1 cm³/mol. The van der Waals surface area contributed by atoms with E-state index in [9.17, 15) is 9.59 Å². The first kappa shape index (κ1) is 11.7. The Kier molecular flexibility index (Phi) is 4.87. The number of hydrogen-bond donors (Lipinski definition) is 1. The normalized spacial score (nSPS) is 9.85. The molecule has 2 amide bonds. The van der Waals surface area contributed by atoms with Gasteiger partial charge in [0, 0.05) is 19.0 Å². The first-order valence-electron chi connectivity index (χ1n) is 4.12. The van der Waals surface area contributed by atoms with Crippen LogP contribution in [0.2, 0.25) is 0 Å². The molecule has 2 N–H and O–H groups in total. The van der Waals surface area contributed by atoms with Gasteiger partial charge in [-0.15, -0.1) is 0 Å². The van der Waals surface area contributed by atoms with E-state index >= 15 is 0 Å². The highest BCUT2D eigenvalue weighted by atomic mass is 16.5. The van der Waals surface area contributed by atoms with Gasteiger partial charge in [0.25, 0.3) is 0 Å². The lowest BCUT2D eigenvalue weighted by Gasteiger charge is -2.24. The van der Waals surface area contributed by atoms with Crippen LogP contribution in [-0.4, -0.2) is 36.6 Å². The zero-order valence-corrected chi connectivity index (χ0v) is 8.24. The number of hydrogen-bond acceptors (Lipinski definition) is 3. The number of nitrogens with zero attached hydrogens (tertiary/aromatic N) is 1. The van der Waals surface area contributed by atoms with Gasteiger partial charge in [-0.1, -0.05) is 0 Å². The largest absolute Gasteiger partial charge is 0.453 e. The monoisotopic (exact) mass is 188 g/mol. The predicted octanol–water partition coefficient (Wildman–Crippen LogP) is 0.339. The quantitative estimate of drug-likeness (QED) is 0.691. The minimum absolute atomic E-state index is 0.00630. The van der Waals surface area contributed by atoms with Gasteiger partial charge < -0.3 is 15.4 Å². The number of carbonyl (C=O) groups is 2. The third-order valence-electron chi connectivity index (χ3n) is 1.63. The Morgan fingerprint density at radius 3 is 2.31 bits per heavy atom. The van der Waals surface area contributed by atoms with Crippen LogP contribution in [0.3, 0.4) is 0 Å². The molecular formula is C8H16N2O3. The standard InChI is InChI=1S/C8H16N2O3/c1-6(2)10(8(12)13-3)5-4-7(9)11/h6H,4-5H2,1-3H3,(H2,9,11). The minimum atomic E-state index is -0.434. The molecule has 0 aliphatic rings. The van der Waals surface area contributed by atoms with Gasteiger partial charge in [0.05, 0.1) is 7.11 Å². The molecule has 0 saturated carbocycles. The second-order valence-electron chi connectivity index (χ2n) is 2.97. The number of amides is 2. The number of rotatable bonds is 4. The van der Waals surface area contributed by atoms with Gasteiger partial charge in [-0.2, -0.15) is 0 Å². The van der Waals surface area contributed by atoms with Gasteiger partial charge in [0.1, 0.15) is 0 Å². The van der Waals surface area contributed by atoms with Crippen LogP contribution >= 0.6 is 0 Å². The summed E-state index contributed by atoms with van der Waals surface area (Å²) in [6.07, 6.45) is -0.274. The molecular weight excluding hydrogens is 172 g/mol. The third kappa shape index (κ3) is 4.35. The van der Waals surface area contributed by atoms with Gasteiger partial charge >= 0.3 is 6.09 Å². The van der Waals surface area contributed by atoms with Crippen LogP contribution in [0.25, 0.3) is 0 Å². The van der Waals surface area contributed by atoms with Crippen LogP contribution in [0.1, 0.15) is 20.3 Å². The zero-order valence-electron chi connectivity index (χ0n) is 8.24. The highest BCUT2D eigenvalue weighted by Crippen LogP contribution is 2.01. The Hall–Kier alpha value is -1.26. The molecule has 0 saturated heterocycles. The van der Waals surface area contributed by atoms with Crippen molar-refractivity contribution in [3.63, 3.8) is 0 Å². The summed E-state index contributed by atoms with van der Waals surface area (Å²) < 4.78 is 4.54. The van der Waals surface area contributed by atoms with E-state index in [0.717, 1.165) is 0 Å². The lowest BCUT2D eigenvalue weighted by atomic mass is 10.3. The van der Waals surface area contributed by atoms with E-state index in [0.29, 0.717) is 6.54 Å². The van der Waals surface area contributed by atoms with E-state index in [2.05, 4.69) is 4.74 Å². The van der Waals surface area contributed by atoms with E-state index in [4.69, 9.17) is 5.73 Å². The summed E-state index contributed by atoms with van der Waals surface area (Å²) >= 11 is 0. The molecule has 76 valence electrons. The fraction of sp³-hybridized carbons (Fsp3) is 0.750. The van der Waals surface area contributed by atoms with E-state index in [1.807, 2.05) is 13.8 Å². The number of primary amides is 1. The fourth-order valence-electron chi connectivity index (χ4n) is 0.908. The Balaban J connectivity index is 4.10. The average molecular weight is 188 g/mol. The summed E-state index contributed by atoms with van der Waals surface area (Å²) in [7, 11) is 1.31. The molecule has 0 rings (SSSR count). The maximum atomic E-state index is 11.1. The number of nitrogens with two attached hydrogens (primary N) is 1. The molecule has 5 heteroatoms. The highest BCUT2D eigenvalue weighted by Gasteiger charge is 2.17. The average Bonchev–Trinajstić information content (AvgIpc) is 2.03. The fourth-order valence-corrected chi connectivity index (χ4v) is 0.908. The molecule has 0 aliphatic carbocycles. The maximum absolute atomic E-state index is 11.1. The van der Waals surface area contributed by atoms with Gasteiger partial charge in [-0.05, 0) is 13.8 Å². The molecule has 0 radical (unpaired) electrons. The second-order valence-corrected chi connectivity index (χ2v) is 2.97. The van der Waals surface area contributed by atoms with Crippen LogP contribution in [0, 0.1) is 0 Å². The van der Waals surface area contributed by atoms with Crippen LogP contribution in [0.15, 0.2) is 0 Å². The van der Waals surface area contributed by atoms with E-state index in [1.54, 1.807) is 0 Å². The molecule has 0 atom stereocenters. The van der Waals surface area contributed by atoms with Crippen molar-refractivity contribution in [1.29, 1.82) is 0 Å². The molecule has 0 bridgehead atoms. The van der Waals surface area contributed by atoms with Crippen LogP contribution < -0.4 is 5.73 Å². The zero-order chi connectivity index (χ0) is 10.4. The lowest BCUT2D eigenvalue weighted by molar-refractivity contribution is -0.118. The van der Waals surface area contributed by atoms with Gasteiger partial charge in [0.2, 0.25) is 5.91 Å². The van der Waals surface area contributed by atoms with Crippen molar-refractivity contribution in [3.8, 4) is 0 Å². The van der Waals surface area contributed by atoms with Gasteiger partial charge in [0.15, 0.2) is 0 Å². The number of methoxy groups -OCH3 is 1. The molecule has 0 fully saturated rings. The SMILES string of the molecule is COC(=O)N(CCC(N)=O)C(C)C. The van der Waals surface area contributed by atoms with Crippen molar-refractivity contribution in [2.45, 2.75) is 26.3 Å². The molecule has 0 aliphatic heterocycles. The Labute approximate surface area is 77.8 Å². The van der Waals surface area contributed by atoms with E-state index in [-0.39, 0.29) is 12.5 Å². The number of ether oxygens (including phenoxy) is 1. The van der Waals surface area contributed by atoms with Crippen LogP contribution in [0.4, 0.5) is 4.79 Å². The van der Waals surface area contributed by atoms with Crippen molar-refractivity contribution in [2.75, 3.05) is 13.7 Å². The summed E-state index contributed by atoms with van der Waals surface area (Å²) in [5, 5.41) is 0. The van der Waals surface area contributed by atoms with Crippen molar-refractivity contribution in [3.05, 3.63) is 0 Å². The molecule has 0 aromatic carbocycles. The molecule has 0 heterocycles. The summed E-state index contributed by atoms with van der Waals surface area (Å²) in [6.45, 7) is 4.00. The lowest BCUT2D eigenvalue weighted by Crippen LogP contribution is -2.39. The summed E-state index contributed by atoms with van der Waals surface area (Å²) in [5.41, 5.74) is 4.96. The van der Waals surface area contributed by atoms with Crippen LogP contribution in [0.5, 0.6) is 0 Å². The molecule has 0 unspecified atom stereocenters. The van der Waals surface area contributed by atoms with Crippen molar-refractivity contribution in [1.82, 2.24) is 4.90 Å². The highest BCUT2D eigenvalue weighted by molar-refractivity contribution is 5.75. The first-order valence-corrected chi connectivity index (χ1v) is 4.12. The molecule has 0 aromatic rings. The summed E-state index contributed by atoms with van der Waals surface area (Å²) in [5.74, 6) is -0.422. The Bertz CT molecular complexity index is 192. The summed E-state index contributed by atoms with van der Waals surface area (Å²) in [6, 6.07) is 0.00630. The van der Waals surface area contributed by atoms with Gasteiger partial charge in [-0.25, -0.2) is 4.79 Å².